The third-order valence-electron chi connectivity index (χ3n) is 4.46. The Bertz CT molecular complexity index is 927. The molecule has 0 bridgehead atoms. The van der Waals surface area contributed by atoms with Crippen molar-refractivity contribution in [3.63, 3.8) is 0 Å². The average Bonchev–Trinajstić information content (AvgIpc) is 3.33. The summed E-state index contributed by atoms with van der Waals surface area (Å²) in [7, 11) is 3.81. The SMILES string of the molecule is CN(C)c1ccc(OC2CCN(C(=O)CSc3nc4ccccc4o3)C2)nn1. The second kappa shape index (κ2) is 8.05. The molecule has 9 heteroatoms. The van der Waals surface area contributed by atoms with Gasteiger partial charge < -0.3 is 19.0 Å². The predicted octanol–water partition coefficient (Wildman–Crippen LogP) is 2.46. The van der Waals surface area contributed by atoms with Gasteiger partial charge in [-0.25, -0.2) is 4.98 Å². The van der Waals surface area contributed by atoms with Crippen molar-refractivity contribution in [2.24, 2.45) is 0 Å². The van der Waals surface area contributed by atoms with E-state index in [1.165, 1.54) is 11.8 Å². The molecule has 2 aromatic heterocycles. The predicted molar refractivity (Wildman–Crippen MR) is 107 cm³/mol. The van der Waals surface area contributed by atoms with E-state index >= 15 is 0 Å². The maximum Gasteiger partial charge on any atom is 0.257 e. The van der Waals surface area contributed by atoms with Crippen molar-refractivity contribution in [3.8, 4) is 5.88 Å². The highest BCUT2D eigenvalue weighted by Crippen LogP contribution is 2.24. The van der Waals surface area contributed by atoms with E-state index in [0.717, 1.165) is 23.3 Å². The topological polar surface area (TPSA) is 84.6 Å². The van der Waals surface area contributed by atoms with Crippen LogP contribution >= 0.6 is 11.8 Å². The Kier molecular flexibility index (Phi) is 5.34. The number of oxazole rings is 1. The molecule has 28 heavy (non-hydrogen) atoms. The van der Waals surface area contributed by atoms with Crippen molar-refractivity contribution in [2.45, 2.75) is 17.7 Å². The molecule has 1 amide bonds. The van der Waals surface area contributed by atoms with Crippen LogP contribution in [0.4, 0.5) is 5.82 Å². The van der Waals surface area contributed by atoms with Gasteiger partial charge in [-0.1, -0.05) is 23.9 Å². The van der Waals surface area contributed by atoms with Crippen LogP contribution in [0.25, 0.3) is 11.1 Å². The fourth-order valence-electron chi connectivity index (χ4n) is 2.96. The van der Waals surface area contributed by atoms with E-state index in [9.17, 15) is 4.79 Å². The molecule has 1 atom stereocenters. The van der Waals surface area contributed by atoms with Gasteiger partial charge in [-0.05, 0) is 18.2 Å². The van der Waals surface area contributed by atoms with Gasteiger partial charge in [0.05, 0.1) is 12.3 Å². The first kappa shape index (κ1) is 18.5. The molecule has 8 nitrogen and oxygen atoms in total. The second-order valence-corrected chi connectivity index (χ2v) is 7.66. The third kappa shape index (κ3) is 4.19. The molecular weight excluding hydrogens is 378 g/mol. The molecule has 0 radical (unpaired) electrons. The lowest BCUT2D eigenvalue weighted by Gasteiger charge is -2.16. The largest absolute Gasteiger partial charge is 0.471 e. The standard InChI is InChI=1S/C19H21N5O3S/c1-23(2)16-7-8-17(22-21-16)26-13-9-10-24(11-13)18(25)12-28-19-20-14-5-3-4-6-15(14)27-19/h3-8,13H,9-12H2,1-2H3. The number of anilines is 1. The van der Waals surface area contributed by atoms with Crippen molar-refractivity contribution in [1.29, 1.82) is 0 Å². The summed E-state index contributed by atoms with van der Waals surface area (Å²) in [4.78, 5) is 20.6. The highest BCUT2D eigenvalue weighted by molar-refractivity contribution is 7.99. The van der Waals surface area contributed by atoms with Crippen LogP contribution < -0.4 is 9.64 Å². The lowest BCUT2D eigenvalue weighted by atomic mass is 10.3. The van der Waals surface area contributed by atoms with Gasteiger partial charge in [-0.3, -0.25) is 4.79 Å². The zero-order valence-electron chi connectivity index (χ0n) is 15.7. The molecule has 3 aromatic rings. The van der Waals surface area contributed by atoms with Gasteiger partial charge in [0.1, 0.15) is 11.6 Å². The summed E-state index contributed by atoms with van der Waals surface area (Å²) in [6, 6.07) is 11.2. The fourth-order valence-corrected chi connectivity index (χ4v) is 3.70. The minimum absolute atomic E-state index is 0.0485. The van der Waals surface area contributed by atoms with Gasteiger partial charge in [-0.2, -0.15) is 0 Å². The summed E-state index contributed by atoms with van der Waals surface area (Å²) in [5, 5.41) is 8.70. The van der Waals surface area contributed by atoms with E-state index in [-0.39, 0.29) is 17.8 Å². The number of amides is 1. The number of aromatic nitrogens is 3. The van der Waals surface area contributed by atoms with Crippen LogP contribution in [0.2, 0.25) is 0 Å². The monoisotopic (exact) mass is 399 g/mol. The summed E-state index contributed by atoms with van der Waals surface area (Å²) in [6.07, 6.45) is 0.703. The third-order valence-corrected chi connectivity index (χ3v) is 5.28. The quantitative estimate of drug-likeness (QED) is 0.585. The summed E-state index contributed by atoms with van der Waals surface area (Å²) in [6.45, 7) is 1.21. The summed E-state index contributed by atoms with van der Waals surface area (Å²) >= 11 is 1.31. The molecule has 0 N–H and O–H groups in total. The Morgan fingerprint density at radius 3 is 2.89 bits per heavy atom. The normalized spacial score (nSPS) is 16.5. The Morgan fingerprint density at radius 1 is 1.29 bits per heavy atom. The molecule has 1 aliphatic heterocycles. The Morgan fingerprint density at radius 2 is 2.14 bits per heavy atom. The zero-order valence-corrected chi connectivity index (χ0v) is 16.6. The van der Waals surface area contributed by atoms with E-state index in [2.05, 4.69) is 15.2 Å². The Hall–Kier alpha value is -2.81. The number of fused-ring (bicyclic) bond motifs is 1. The molecule has 1 fully saturated rings. The maximum atomic E-state index is 12.5. The molecule has 0 spiro atoms. The summed E-state index contributed by atoms with van der Waals surface area (Å²) in [5.41, 5.74) is 1.53. The number of hydrogen-bond donors (Lipinski definition) is 0. The molecule has 1 aromatic carbocycles. The average molecular weight is 399 g/mol. The number of nitrogens with zero attached hydrogens (tertiary/aromatic N) is 5. The molecule has 1 saturated heterocycles. The van der Waals surface area contributed by atoms with E-state index in [1.807, 2.05) is 54.2 Å². The molecule has 4 rings (SSSR count). The van der Waals surface area contributed by atoms with Crippen LogP contribution in [-0.4, -0.2) is 65.0 Å². The lowest BCUT2D eigenvalue weighted by molar-refractivity contribution is -0.127. The first-order chi connectivity index (χ1) is 13.6. The zero-order chi connectivity index (χ0) is 19.5. The van der Waals surface area contributed by atoms with E-state index in [1.54, 1.807) is 6.07 Å². The Labute approximate surface area is 166 Å². The number of para-hydroxylation sites is 2. The molecule has 0 saturated carbocycles. The molecule has 1 unspecified atom stereocenters. The molecular formula is C19H21N5O3S. The number of benzene rings is 1. The number of thioether (sulfide) groups is 1. The van der Waals surface area contributed by atoms with Gasteiger partial charge in [0.25, 0.3) is 5.22 Å². The maximum absolute atomic E-state index is 12.5. The summed E-state index contributed by atoms with van der Waals surface area (Å²) in [5.74, 6) is 1.58. The van der Waals surface area contributed by atoms with Crippen molar-refractivity contribution in [1.82, 2.24) is 20.1 Å². The van der Waals surface area contributed by atoms with E-state index in [0.29, 0.717) is 24.2 Å². The van der Waals surface area contributed by atoms with Crippen molar-refractivity contribution >= 4 is 34.6 Å². The van der Waals surface area contributed by atoms with Crippen LogP contribution in [0, 0.1) is 0 Å². The highest BCUT2D eigenvalue weighted by atomic mass is 32.2. The number of ether oxygens (including phenoxy) is 1. The molecule has 3 heterocycles. The second-order valence-electron chi connectivity index (χ2n) is 6.73. The van der Waals surface area contributed by atoms with Crippen LogP contribution in [0.5, 0.6) is 5.88 Å². The Balaban J connectivity index is 1.27. The van der Waals surface area contributed by atoms with E-state index < -0.39 is 0 Å². The fraction of sp³-hybridized carbons (Fsp3) is 0.368. The smallest absolute Gasteiger partial charge is 0.257 e. The van der Waals surface area contributed by atoms with Crippen LogP contribution in [0.15, 0.2) is 46.0 Å². The first-order valence-corrected chi connectivity index (χ1v) is 10.0. The van der Waals surface area contributed by atoms with E-state index in [4.69, 9.17) is 9.15 Å². The number of carbonyl (C=O) groups excluding carboxylic acids is 1. The minimum Gasteiger partial charge on any atom is -0.471 e. The summed E-state index contributed by atoms with van der Waals surface area (Å²) < 4.78 is 11.5. The molecule has 146 valence electrons. The van der Waals surface area contributed by atoms with Gasteiger partial charge in [0.15, 0.2) is 11.4 Å². The van der Waals surface area contributed by atoms with Crippen molar-refractivity contribution < 1.29 is 13.9 Å². The van der Waals surface area contributed by atoms with Gasteiger partial charge in [0, 0.05) is 33.1 Å². The number of likely N-dealkylation sites (tertiary alicyclic amines) is 1. The van der Waals surface area contributed by atoms with Gasteiger partial charge in [-0.15, -0.1) is 10.2 Å². The number of rotatable bonds is 6. The molecule has 0 aliphatic carbocycles. The van der Waals surface area contributed by atoms with Crippen LogP contribution in [0.3, 0.4) is 0 Å². The van der Waals surface area contributed by atoms with Gasteiger partial charge in [0.2, 0.25) is 11.8 Å². The lowest BCUT2D eigenvalue weighted by Crippen LogP contribution is -2.32. The number of carbonyl (C=O) groups is 1. The minimum atomic E-state index is -0.0715. The van der Waals surface area contributed by atoms with Gasteiger partial charge >= 0.3 is 0 Å². The molecule has 1 aliphatic rings. The van der Waals surface area contributed by atoms with Crippen LogP contribution in [-0.2, 0) is 4.79 Å². The van der Waals surface area contributed by atoms with Crippen molar-refractivity contribution in [3.05, 3.63) is 36.4 Å². The van der Waals surface area contributed by atoms with Crippen molar-refractivity contribution in [2.75, 3.05) is 37.8 Å². The number of hydrogen-bond acceptors (Lipinski definition) is 8. The van der Waals surface area contributed by atoms with Crippen LogP contribution in [0.1, 0.15) is 6.42 Å². The first-order valence-electron chi connectivity index (χ1n) is 9.02. The highest BCUT2D eigenvalue weighted by Gasteiger charge is 2.28.